The molecular formula is C21H19F3N2O6. The zero-order valence-electron chi connectivity index (χ0n) is 17.3. The van der Waals surface area contributed by atoms with Gasteiger partial charge >= 0.3 is 12.3 Å². The van der Waals surface area contributed by atoms with Crippen molar-refractivity contribution in [2.45, 2.75) is 50.7 Å². The van der Waals surface area contributed by atoms with Crippen LogP contribution in [0.1, 0.15) is 43.9 Å². The molecule has 0 spiro atoms. The molecule has 11 heteroatoms. The molecule has 2 aromatic rings. The third-order valence-electron chi connectivity index (χ3n) is 5.94. The minimum absolute atomic E-state index is 0.0934. The Labute approximate surface area is 180 Å². The molecule has 0 radical (unpaired) electrons. The zero-order valence-corrected chi connectivity index (χ0v) is 17.3. The fourth-order valence-electron chi connectivity index (χ4n) is 4.66. The van der Waals surface area contributed by atoms with Gasteiger partial charge < -0.3 is 24.4 Å². The topological polar surface area (TPSA) is 94.5 Å². The van der Waals surface area contributed by atoms with Crippen molar-refractivity contribution in [2.75, 3.05) is 6.61 Å². The van der Waals surface area contributed by atoms with Crippen molar-refractivity contribution in [1.82, 2.24) is 4.57 Å². The van der Waals surface area contributed by atoms with Crippen LogP contribution >= 0.6 is 0 Å². The number of carbonyl (C=O) groups is 1. The molecule has 2 unspecified atom stereocenters. The summed E-state index contributed by atoms with van der Waals surface area (Å²) in [4.78, 5) is 14.7. The SMILES string of the molecule is [C-]#[N+]c1ccc(-n2c(O)c3c(c2O)C2(C)OC3(C)C[C@@H]2OC(=O)OCC)cc1C(F)(F)F. The summed E-state index contributed by atoms with van der Waals surface area (Å²) in [5, 5.41) is 21.9. The van der Waals surface area contributed by atoms with E-state index >= 15 is 0 Å². The van der Waals surface area contributed by atoms with Crippen molar-refractivity contribution in [3.63, 3.8) is 0 Å². The van der Waals surface area contributed by atoms with Gasteiger partial charge in [0.15, 0.2) is 5.69 Å². The molecule has 1 aromatic carbocycles. The van der Waals surface area contributed by atoms with Gasteiger partial charge in [-0.1, -0.05) is 6.07 Å². The summed E-state index contributed by atoms with van der Waals surface area (Å²) in [6.07, 6.45) is -6.46. The van der Waals surface area contributed by atoms with Crippen molar-refractivity contribution in [1.29, 1.82) is 0 Å². The minimum Gasteiger partial charge on any atom is -0.494 e. The molecule has 2 N–H and O–H groups in total. The average molecular weight is 452 g/mol. The smallest absolute Gasteiger partial charge is 0.494 e. The molecule has 32 heavy (non-hydrogen) atoms. The van der Waals surface area contributed by atoms with Crippen LogP contribution in [0.15, 0.2) is 18.2 Å². The summed E-state index contributed by atoms with van der Waals surface area (Å²) in [6.45, 7) is 11.9. The average Bonchev–Trinajstić information content (AvgIpc) is 3.21. The van der Waals surface area contributed by atoms with Gasteiger partial charge in [-0.05, 0) is 32.9 Å². The molecule has 0 amide bonds. The number of hydrogen-bond acceptors (Lipinski definition) is 6. The first-order valence-corrected chi connectivity index (χ1v) is 9.67. The van der Waals surface area contributed by atoms with Gasteiger partial charge in [0, 0.05) is 6.42 Å². The highest BCUT2D eigenvalue weighted by atomic mass is 19.4. The molecular weight excluding hydrogens is 433 g/mol. The van der Waals surface area contributed by atoms with Crippen molar-refractivity contribution in [2.24, 2.45) is 0 Å². The summed E-state index contributed by atoms with van der Waals surface area (Å²) in [7, 11) is 0. The number of ether oxygens (including phenoxy) is 3. The highest BCUT2D eigenvalue weighted by Crippen LogP contribution is 2.65. The normalized spacial score (nSPS) is 26.0. The first kappa shape index (κ1) is 21.8. The van der Waals surface area contributed by atoms with Crippen LogP contribution in [-0.4, -0.2) is 33.6 Å². The Balaban J connectivity index is 1.85. The van der Waals surface area contributed by atoms with Gasteiger partial charge in [0.05, 0.1) is 35.6 Å². The molecule has 2 aliphatic heterocycles. The third-order valence-corrected chi connectivity index (χ3v) is 5.94. The van der Waals surface area contributed by atoms with E-state index in [0.717, 1.165) is 10.6 Å². The lowest BCUT2D eigenvalue weighted by atomic mass is 9.78. The van der Waals surface area contributed by atoms with E-state index in [1.165, 1.54) is 6.07 Å². The predicted molar refractivity (Wildman–Crippen MR) is 103 cm³/mol. The highest BCUT2D eigenvalue weighted by molar-refractivity contribution is 5.65. The van der Waals surface area contributed by atoms with E-state index < -0.39 is 52.6 Å². The number of alkyl halides is 3. The number of rotatable bonds is 3. The van der Waals surface area contributed by atoms with Gasteiger partial charge in [-0.25, -0.2) is 9.64 Å². The van der Waals surface area contributed by atoms with Crippen LogP contribution in [0.5, 0.6) is 11.8 Å². The lowest BCUT2D eigenvalue weighted by molar-refractivity contribution is -0.136. The fraction of sp³-hybridized carbons (Fsp3) is 0.429. The maximum absolute atomic E-state index is 13.4. The van der Waals surface area contributed by atoms with Gasteiger partial charge in [-0.15, -0.1) is 0 Å². The first-order valence-electron chi connectivity index (χ1n) is 9.67. The van der Waals surface area contributed by atoms with Crippen LogP contribution in [-0.2, 0) is 31.6 Å². The maximum Gasteiger partial charge on any atom is 0.508 e. The first-order chi connectivity index (χ1) is 14.9. The van der Waals surface area contributed by atoms with Gasteiger partial charge in [-0.3, -0.25) is 4.57 Å². The minimum atomic E-state index is -4.81. The Morgan fingerprint density at radius 2 is 1.97 bits per heavy atom. The number of nitrogens with zero attached hydrogens (tertiary/aromatic N) is 2. The van der Waals surface area contributed by atoms with Crippen molar-refractivity contribution in [3.05, 3.63) is 46.3 Å². The summed E-state index contributed by atoms with van der Waals surface area (Å²) in [6, 6.07) is 2.84. The lowest BCUT2D eigenvalue weighted by Crippen LogP contribution is -2.37. The van der Waals surface area contributed by atoms with Crippen molar-refractivity contribution in [3.8, 4) is 17.4 Å². The monoisotopic (exact) mass is 452 g/mol. The quantitative estimate of drug-likeness (QED) is 0.510. The fourth-order valence-corrected chi connectivity index (χ4v) is 4.66. The number of benzene rings is 1. The predicted octanol–water partition coefficient (Wildman–Crippen LogP) is 4.86. The summed E-state index contributed by atoms with van der Waals surface area (Å²) >= 11 is 0. The van der Waals surface area contributed by atoms with Crippen LogP contribution in [0.2, 0.25) is 0 Å². The van der Waals surface area contributed by atoms with E-state index in [2.05, 4.69) is 4.85 Å². The molecule has 170 valence electrons. The van der Waals surface area contributed by atoms with E-state index in [1.807, 2.05) is 0 Å². The van der Waals surface area contributed by atoms with Gasteiger partial charge in [0.1, 0.15) is 17.3 Å². The molecule has 2 bridgehead atoms. The Hall–Kier alpha value is -3.39. The Kier molecular flexibility index (Phi) is 4.64. The molecule has 2 aliphatic rings. The van der Waals surface area contributed by atoms with Crippen molar-refractivity contribution >= 4 is 11.8 Å². The van der Waals surface area contributed by atoms with Gasteiger partial charge in [0.25, 0.3) is 0 Å². The maximum atomic E-state index is 13.4. The molecule has 3 atom stereocenters. The summed E-state index contributed by atoms with van der Waals surface area (Å²) in [5.74, 6) is -1.05. The number of aromatic nitrogens is 1. The number of fused-ring (bicyclic) bond motifs is 5. The van der Waals surface area contributed by atoms with Crippen LogP contribution in [0.3, 0.4) is 0 Å². The van der Waals surface area contributed by atoms with Crippen molar-refractivity contribution < 1.29 is 42.4 Å². The molecule has 1 aromatic heterocycles. The molecule has 1 fully saturated rings. The van der Waals surface area contributed by atoms with Gasteiger partial charge in [0.2, 0.25) is 11.8 Å². The summed E-state index contributed by atoms with van der Waals surface area (Å²) < 4.78 is 57.3. The Bertz CT molecular complexity index is 1170. The van der Waals surface area contributed by atoms with E-state index in [1.54, 1.807) is 20.8 Å². The van der Waals surface area contributed by atoms with E-state index in [-0.39, 0.29) is 29.8 Å². The van der Waals surface area contributed by atoms with E-state index in [9.17, 15) is 28.2 Å². The number of halogens is 3. The number of aromatic hydroxyl groups is 2. The molecule has 0 saturated carbocycles. The van der Waals surface area contributed by atoms with Crippen LogP contribution in [0.25, 0.3) is 10.5 Å². The molecule has 0 aliphatic carbocycles. The Morgan fingerprint density at radius 3 is 2.56 bits per heavy atom. The highest BCUT2D eigenvalue weighted by Gasteiger charge is 2.66. The summed E-state index contributed by atoms with van der Waals surface area (Å²) in [5.41, 5.74) is -4.22. The Morgan fingerprint density at radius 1 is 1.31 bits per heavy atom. The molecule has 4 rings (SSSR count). The number of carbonyl (C=O) groups excluding carboxylic acids is 1. The molecule has 3 heterocycles. The largest absolute Gasteiger partial charge is 0.508 e. The third kappa shape index (κ3) is 2.90. The zero-order chi connectivity index (χ0) is 23.6. The second-order valence-corrected chi connectivity index (χ2v) is 7.98. The second-order valence-electron chi connectivity index (χ2n) is 7.98. The van der Waals surface area contributed by atoms with Crippen LogP contribution in [0, 0.1) is 6.57 Å². The number of hydrogen-bond donors (Lipinski definition) is 2. The van der Waals surface area contributed by atoms with Crippen LogP contribution in [0.4, 0.5) is 23.7 Å². The second kappa shape index (κ2) is 6.80. The lowest BCUT2D eigenvalue weighted by Gasteiger charge is -2.28. The van der Waals surface area contributed by atoms with Crippen LogP contribution < -0.4 is 0 Å². The molecule has 8 nitrogen and oxygen atoms in total. The van der Waals surface area contributed by atoms with E-state index in [4.69, 9.17) is 20.8 Å². The van der Waals surface area contributed by atoms with Gasteiger partial charge in [-0.2, -0.15) is 13.2 Å². The van der Waals surface area contributed by atoms with E-state index in [0.29, 0.717) is 6.07 Å². The standard InChI is InChI=1S/C21H19F3N2O6/c1-5-30-18(29)31-13-9-19(2)14-15(20(13,3)32-19)17(28)26(16(14)27)10-6-7-12(25-4)11(8-10)21(22,23)24/h6-8,13,27-28H,5,9H2,1-3H3/t13-,19?,20?/m0/s1. The molecule has 1 saturated heterocycles.